The Kier molecular flexibility index (Phi) is 6.02. The predicted octanol–water partition coefficient (Wildman–Crippen LogP) is 3.89. The number of para-hydroxylation sites is 1. The summed E-state index contributed by atoms with van der Waals surface area (Å²) in [6.45, 7) is 1.49. The molecular formula is C16H17BrFNO2. The minimum absolute atomic E-state index is 0.295. The summed E-state index contributed by atoms with van der Waals surface area (Å²) in [4.78, 5) is 0. The highest BCUT2D eigenvalue weighted by atomic mass is 79.9. The van der Waals surface area contributed by atoms with E-state index in [-0.39, 0.29) is 5.82 Å². The molecule has 0 aromatic heterocycles. The van der Waals surface area contributed by atoms with Gasteiger partial charge in [0.2, 0.25) is 0 Å². The Labute approximate surface area is 132 Å². The smallest absolute Gasteiger partial charge is 0.133 e. The molecule has 0 saturated carbocycles. The molecule has 0 heterocycles. The molecule has 0 fully saturated rings. The molecule has 0 spiro atoms. The van der Waals surface area contributed by atoms with Gasteiger partial charge in [-0.25, -0.2) is 4.39 Å². The van der Waals surface area contributed by atoms with Gasteiger partial charge < -0.3 is 15.2 Å². The average molecular weight is 354 g/mol. The number of rotatable bonds is 7. The van der Waals surface area contributed by atoms with Crippen LogP contribution >= 0.6 is 15.9 Å². The van der Waals surface area contributed by atoms with Gasteiger partial charge in [0.05, 0.1) is 17.7 Å². The van der Waals surface area contributed by atoms with E-state index < -0.39 is 0 Å². The average Bonchev–Trinajstić information content (AvgIpc) is 2.49. The van der Waals surface area contributed by atoms with Crippen LogP contribution in [0.3, 0.4) is 0 Å². The van der Waals surface area contributed by atoms with E-state index in [0.29, 0.717) is 30.0 Å². The van der Waals surface area contributed by atoms with Crippen molar-refractivity contribution in [1.29, 1.82) is 0 Å². The highest BCUT2D eigenvalue weighted by Gasteiger charge is 2.03. The molecule has 3 nitrogen and oxygen atoms in total. The zero-order chi connectivity index (χ0) is 15.1. The van der Waals surface area contributed by atoms with Crippen LogP contribution in [0, 0.1) is 5.82 Å². The van der Waals surface area contributed by atoms with Crippen LogP contribution in [0.15, 0.2) is 46.9 Å². The fourth-order valence-corrected chi connectivity index (χ4v) is 2.29. The lowest BCUT2D eigenvalue weighted by Crippen LogP contribution is -2.07. The van der Waals surface area contributed by atoms with E-state index in [0.717, 1.165) is 17.7 Å². The third-order valence-electron chi connectivity index (χ3n) is 2.89. The van der Waals surface area contributed by atoms with E-state index in [2.05, 4.69) is 15.9 Å². The quantitative estimate of drug-likeness (QED) is 0.767. The van der Waals surface area contributed by atoms with Crippen molar-refractivity contribution in [3.05, 3.63) is 58.3 Å². The molecule has 0 radical (unpaired) electrons. The Balaban J connectivity index is 1.75. The Bertz CT molecular complexity index is 592. The van der Waals surface area contributed by atoms with Crippen molar-refractivity contribution in [1.82, 2.24) is 0 Å². The lowest BCUT2D eigenvalue weighted by molar-refractivity contribution is 0.245. The summed E-state index contributed by atoms with van der Waals surface area (Å²) in [6.07, 6.45) is 0.725. The number of nitrogens with two attached hydrogens (primary N) is 1. The maximum absolute atomic E-state index is 12.9. The largest absolute Gasteiger partial charge is 0.493 e. The van der Waals surface area contributed by atoms with Gasteiger partial charge in [-0.1, -0.05) is 18.2 Å². The Morgan fingerprint density at radius 3 is 2.43 bits per heavy atom. The standard InChI is InChI=1S/C16H17BrFNO2/c17-14-10-13(18)6-7-16(14)21-9-3-8-20-15-5-2-1-4-12(15)11-19/h1-2,4-7,10H,3,8-9,11,19H2. The molecule has 2 N–H and O–H groups in total. The molecule has 0 aliphatic heterocycles. The van der Waals surface area contributed by atoms with Gasteiger partial charge in [-0.2, -0.15) is 0 Å². The van der Waals surface area contributed by atoms with Crippen molar-refractivity contribution in [2.45, 2.75) is 13.0 Å². The van der Waals surface area contributed by atoms with Crippen LogP contribution in [0.1, 0.15) is 12.0 Å². The molecule has 2 rings (SSSR count). The van der Waals surface area contributed by atoms with Gasteiger partial charge >= 0.3 is 0 Å². The summed E-state index contributed by atoms with van der Waals surface area (Å²) in [5.41, 5.74) is 6.63. The molecule has 21 heavy (non-hydrogen) atoms. The first-order valence-corrected chi connectivity index (χ1v) is 7.48. The molecule has 112 valence electrons. The van der Waals surface area contributed by atoms with Crippen LogP contribution in [0.4, 0.5) is 4.39 Å². The SMILES string of the molecule is NCc1ccccc1OCCCOc1ccc(F)cc1Br. The molecule has 0 amide bonds. The number of halogens is 2. The monoisotopic (exact) mass is 353 g/mol. The van der Waals surface area contributed by atoms with Gasteiger partial charge in [0.1, 0.15) is 17.3 Å². The first-order chi connectivity index (χ1) is 10.2. The van der Waals surface area contributed by atoms with Gasteiger partial charge in [0.15, 0.2) is 0 Å². The second-order valence-corrected chi connectivity index (χ2v) is 5.29. The van der Waals surface area contributed by atoms with Crippen LogP contribution < -0.4 is 15.2 Å². The van der Waals surface area contributed by atoms with Gasteiger partial charge in [0.25, 0.3) is 0 Å². The topological polar surface area (TPSA) is 44.5 Å². The second kappa shape index (κ2) is 8.00. The fraction of sp³-hybridized carbons (Fsp3) is 0.250. The van der Waals surface area contributed by atoms with Crippen LogP contribution in [-0.4, -0.2) is 13.2 Å². The highest BCUT2D eigenvalue weighted by Crippen LogP contribution is 2.25. The van der Waals surface area contributed by atoms with Crippen molar-refractivity contribution in [3.8, 4) is 11.5 Å². The molecule has 0 atom stereocenters. The molecule has 2 aromatic rings. The molecule has 0 bridgehead atoms. The molecular weight excluding hydrogens is 337 g/mol. The van der Waals surface area contributed by atoms with Gasteiger partial charge in [-0.3, -0.25) is 0 Å². The van der Waals surface area contributed by atoms with Gasteiger partial charge in [-0.15, -0.1) is 0 Å². The number of hydrogen-bond donors (Lipinski definition) is 1. The molecule has 0 aliphatic carbocycles. The lowest BCUT2D eigenvalue weighted by Gasteiger charge is -2.11. The molecule has 0 saturated heterocycles. The highest BCUT2D eigenvalue weighted by molar-refractivity contribution is 9.10. The molecule has 5 heteroatoms. The minimum atomic E-state index is -0.295. The van der Waals surface area contributed by atoms with E-state index >= 15 is 0 Å². The Morgan fingerprint density at radius 1 is 1.00 bits per heavy atom. The number of hydrogen-bond acceptors (Lipinski definition) is 3. The van der Waals surface area contributed by atoms with E-state index in [1.807, 2.05) is 24.3 Å². The molecule has 0 aliphatic rings. The normalized spacial score (nSPS) is 10.4. The Hall–Kier alpha value is -1.59. The summed E-state index contributed by atoms with van der Waals surface area (Å²) in [5, 5.41) is 0. The maximum atomic E-state index is 12.9. The first-order valence-electron chi connectivity index (χ1n) is 6.69. The first kappa shape index (κ1) is 15.8. The summed E-state index contributed by atoms with van der Waals surface area (Å²) in [6, 6.07) is 12.0. The van der Waals surface area contributed by atoms with Crippen molar-refractivity contribution < 1.29 is 13.9 Å². The third kappa shape index (κ3) is 4.72. The van der Waals surface area contributed by atoms with E-state index in [1.54, 1.807) is 6.07 Å². The lowest BCUT2D eigenvalue weighted by atomic mass is 10.2. The van der Waals surface area contributed by atoms with E-state index in [1.165, 1.54) is 12.1 Å². The van der Waals surface area contributed by atoms with Gasteiger partial charge in [-0.05, 0) is 40.2 Å². The van der Waals surface area contributed by atoms with E-state index in [4.69, 9.17) is 15.2 Å². The van der Waals surface area contributed by atoms with Crippen LogP contribution in [0.2, 0.25) is 0 Å². The van der Waals surface area contributed by atoms with Crippen molar-refractivity contribution in [3.63, 3.8) is 0 Å². The summed E-state index contributed by atoms with van der Waals surface area (Å²) >= 11 is 3.26. The number of ether oxygens (including phenoxy) is 2. The zero-order valence-corrected chi connectivity index (χ0v) is 13.1. The van der Waals surface area contributed by atoms with Crippen LogP contribution in [-0.2, 0) is 6.54 Å². The summed E-state index contributed by atoms with van der Waals surface area (Å²) < 4.78 is 24.8. The van der Waals surface area contributed by atoms with Crippen molar-refractivity contribution in [2.24, 2.45) is 5.73 Å². The second-order valence-electron chi connectivity index (χ2n) is 4.44. The molecule has 2 aromatic carbocycles. The van der Waals surface area contributed by atoms with Gasteiger partial charge in [0, 0.05) is 18.5 Å². The zero-order valence-electron chi connectivity index (χ0n) is 11.5. The van der Waals surface area contributed by atoms with Crippen LogP contribution in [0.25, 0.3) is 0 Å². The Morgan fingerprint density at radius 2 is 1.71 bits per heavy atom. The third-order valence-corrected chi connectivity index (χ3v) is 3.51. The summed E-state index contributed by atoms with van der Waals surface area (Å²) in [7, 11) is 0. The van der Waals surface area contributed by atoms with Crippen molar-refractivity contribution in [2.75, 3.05) is 13.2 Å². The number of benzene rings is 2. The minimum Gasteiger partial charge on any atom is -0.493 e. The summed E-state index contributed by atoms with van der Waals surface area (Å²) in [5.74, 6) is 1.14. The van der Waals surface area contributed by atoms with E-state index in [9.17, 15) is 4.39 Å². The van der Waals surface area contributed by atoms with Crippen molar-refractivity contribution >= 4 is 15.9 Å². The van der Waals surface area contributed by atoms with Crippen LogP contribution in [0.5, 0.6) is 11.5 Å². The maximum Gasteiger partial charge on any atom is 0.133 e. The fourth-order valence-electron chi connectivity index (χ4n) is 1.83. The predicted molar refractivity (Wildman–Crippen MR) is 84.0 cm³/mol. The molecule has 0 unspecified atom stereocenters.